The van der Waals surface area contributed by atoms with Gasteiger partial charge in [0.1, 0.15) is 0 Å². The molecule has 1 N–H and O–H groups in total. The summed E-state index contributed by atoms with van der Waals surface area (Å²) in [6.45, 7) is 2.41. The van der Waals surface area contributed by atoms with Crippen LogP contribution in [-0.2, 0) is 16.0 Å². The molecule has 0 saturated carbocycles. The normalized spacial score (nSPS) is 19.4. The third kappa shape index (κ3) is 6.31. The summed E-state index contributed by atoms with van der Waals surface area (Å²) in [5.74, 6) is 0. The molecule has 19 heavy (non-hydrogen) atoms. The number of morpholine rings is 1. The molecule has 0 aliphatic carbocycles. The molecule has 1 aliphatic heterocycles. The summed E-state index contributed by atoms with van der Waals surface area (Å²) in [6, 6.07) is 8.54. The fourth-order valence-electron chi connectivity index (χ4n) is 1.78. The quantitative estimate of drug-likeness (QED) is 0.466. The van der Waals surface area contributed by atoms with Crippen molar-refractivity contribution in [1.82, 2.24) is 4.31 Å². The number of nitrogens with zero attached hydrogens (tertiary/aromatic N) is 1. The van der Waals surface area contributed by atoms with Crippen molar-refractivity contribution in [3.8, 4) is 0 Å². The largest absolute Gasteiger partial charge is 0.483 e. The Hall–Kier alpha value is -0.0200. The monoisotopic (exact) mass is 415 g/mol. The van der Waals surface area contributed by atoms with Crippen molar-refractivity contribution in [3.05, 3.63) is 34.9 Å². The fraction of sp³-hybridized carbons (Fsp3) is 0.417. The van der Waals surface area contributed by atoms with Crippen LogP contribution in [0, 0.1) is 0 Å². The van der Waals surface area contributed by atoms with Gasteiger partial charge < -0.3 is 9.84 Å². The first-order chi connectivity index (χ1) is 9.21. The van der Waals surface area contributed by atoms with E-state index < -0.39 is 0 Å². The van der Waals surface area contributed by atoms with Crippen LogP contribution in [0.25, 0.3) is 0 Å². The highest BCUT2D eigenvalue weighted by Gasteiger charge is 2.23. The Kier molecular flexibility index (Phi) is 8.80. The summed E-state index contributed by atoms with van der Waals surface area (Å²) in [5, 5.41) is 7.68. The van der Waals surface area contributed by atoms with E-state index in [0.717, 1.165) is 31.2 Å². The van der Waals surface area contributed by atoms with Gasteiger partial charge in [0.2, 0.25) is 0 Å². The molecule has 7 heteroatoms. The Labute approximate surface area is 134 Å². The second-order valence-electron chi connectivity index (χ2n) is 3.87. The average Bonchev–Trinajstić information content (AvgIpc) is 2.43. The van der Waals surface area contributed by atoms with E-state index >= 15 is 0 Å². The summed E-state index contributed by atoms with van der Waals surface area (Å²) in [6.07, 6.45) is 1.02. The van der Waals surface area contributed by atoms with Crippen LogP contribution < -0.4 is 0 Å². The maximum atomic E-state index is 8.36. The van der Waals surface area contributed by atoms with Gasteiger partial charge in [-0.3, -0.25) is 4.79 Å². The summed E-state index contributed by atoms with van der Waals surface area (Å²) in [5.41, 5.74) is 1.32. The molecular formula is C12H15ClINO3S. The molecule has 1 heterocycles. The maximum Gasteiger partial charge on any atom is 0.290 e. The predicted octanol–water partition coefficient (Wildman–Crippen LogP) is 3.28. The molecule has 1 atom stereocenters. The molecule has 1 saturated heterocycles. The number of carbonyl (C=O) groups is 1. The summed E-state index contributed by atoms with van der Waals surface area (Å²) in [4.78, 5) is 8.36. The van der Waals surface area contributed by atoms with Crippen LogP contribution in [0.15, 0.2) is 24.3 Å². The molecule has 106 valence electrons. The molecule has 1 aliphatic rings. The molecule has 1 aromatic carbocycles. The van der Waals surface area contributed by atoms with Crippen molar-refractivity contribution < 1.29 is 14.6 Å². The lowest BCUT2D eigenvalue weighted by molar-refractivity contribution is -0.122. The second kappa shape index (κ2) is 9.82. The Morgan fingerprint density at radius 2 is 2.16 bits per heavy atom. The number of halogens is 2. The molecule has 0 radical (unpaired) electrons. The molecule has 1 aromatic rings. The van der Waals surface area contributed by atoms with Gasteiger partial charge in [0.25, 0.3) is 6.47 Å². The van der Waals surface area contributed by atoms with Gasteiger partial charge >= 0.3 is 0 Å². The van der Waals surface area contributed by atoms with Crippen LogP contribution in [0.3, 0.4) is 0 Å². The van der Waals surface area contributed by atoms with Gasteiger partial charge in [-0.1, -0.05) is 23.7 Å². The Morgan fingerprint density at radius 1 is 1.53 bits per heavy atom. The minimum absolute atomic E-state index is 0.250. The SMILES string of the molecule is Clc1ccc(C[C@H]2COCCN2SI)cc1.O=CO. The van der Waals surface area contributed by atoms with Crippen molar-refractivity contribution in [2.75, 3.05) is 19.8 Å². The number of ether oxygens (including phenoxy) is 1. The highest BCUT2D eigenvalue weighted by Crippen LogP contribution is 2.26. The first kappa shape index (κ1) is 17.0. The highest BCUT2D eigenvalue weighted by molar-refractivity contribution is 14.2. The molecule has 2 rings (SSSR count). The zero-order valence-electron chi connectivity index (χ0n) is 10.2. The second-order valence-corrected chi connectivity index (χ2v) is 6.10. The standard InChI is InChI=1S/C11H13ClINOS.CH2O2/c12-10-3-1-9(2-4-10)7-11-8-15-6-5-14(11)16-13;2-1-3/h1-4,11H,5-8H2;1H,(H,2,3)/t11-;/m0./s1. The highest BCUT2D eigenvalue weighted by atomic mass is 127. The van der Waals surface area contributed by atoms with Gasteiger partial charge in [0.05, 0.1) is 13.2 Å². The Balaban J connectivity index is 0.000000550. The van der Waals surface area contributed by atoms with Crippen LogP contribution in [0.1, 0.15) is 5.56 Å². The minimum atomic E-state index is -0.250. The minimum Gasteiger partial charge on any atom is -0.483 e. The van der Waals surface area contributed by atoms with Crippen molar-refractivity contribution in [1.29, 1.82) is 0 Å². The zero-order valence-corrected chi connectivity index (χ0v) is 13.9. The van der Waals surface area contributed by atoms with Crippen LogP contribution in [0.2, 0.25) is 5.02 Å². The van der Waals surface area contributed by atoms with Gasteiger partial charge in [0.15, 0.2) is 0 Å². The van der Waals surface area contributed by atoms with E-state index in [0.29, 0.717) is 6.04 Å². The van der Waals surface area contributed by atoms with E-state index in [9.17, 15) is 0 Å². The Bertz CT molecular complexity index is 380. The smallest absolute Gasteiger partial charge is 0.290 e. The maximum absolute atomic E-state index is 8.36. The first-order valence-corrected chi connectivity index (χ1v) is 9.36. The fourth-order valence-corrected chi connectivity index (χ4v) is 3.86. The number of hydrogen-bond donors (Lipinski definition) is 1. The predicted molar refractivity (Wildman–Crippen MR) is 86.8 cm³/mol. The van der Waals surface area contributed by atoms with Crippen molar-refractivity contribution >= 4 is 48.4 Å². The van der Waals surface area contributed by atoms with E-state index in [2.05, 4.69) is 37.6 Å². The molecule has 1 fully saturated rings. The molecular weight excluding hydrogens is 401 g/mol. The van der Waals surface area contributed by atoms with Crippen LogP contribution in [-0.4, -0.2) is 41.7 Å². The molecule has 0 unspecified atom stereocenters. The lowest BCUT2D eigenvalue weighted by Gasteiger charge is -2.32. The van der Waals surface area contributed by atoms with E-state index in [1.165, 1.54) is 5.56 Å². The molecule has 4 nitrogen and oxygen atoms in total. The van der Waals surface area contributed by atoms with Crippen molar-refractivity contribution in [3.63, 3.8) is 0 Å². The molecule has 0 spiro atoms. The van der Waals surface area contributed by atoms with E-state index in [-0.39, 0.29) is 6.47 Å². The summed E-state index contributed by atoms with van der Waals surface area (Å²) < 4.78 is 7.91. The lowest BCUT2D eigenvalue weighted by Crippen LogP contribution is -2.41. The van der Waals surface area contributed by atoms with Crippen LogP contribution in [0.5, 0.6) is 0 Å². The summed E-state index contributed by atoms with van der Waals surface area (Å²) >= 11 is 8.21. The third-order valence-corrected chi connectivity index (χ3v) is 5.07. The van der Waals surface area contributed by atoms with Crippen molar-refractivity contribution in [2.24, 2.45) is 0 Å². The van der Waals surface area contributed by atoms with E-state index in [4.69, 9.17) is 26.2 Å². The average molecular weight is 416 g/mol. The Morgan fingerprint density at radius 3 is 2.74 bits per heavy atom. The lowest BCUT2D eigenvalue weighted by atomic mass is 10.1. The van der Waals surface area contributed by atoms with Gasteiger partial charge in [-0.05, 0) is 33.2 Å². The number of carboxylic acid groups (broad SMARTS) is 1. The van der Waals surface area contributed by atoms with E-state index in [1.807, 2.05) is 12.1 Å². The number of rotatable bonds is 3. The first-order valence-electron chi connectivity index (χ1n) is 5.66. The molecule has 0 bridgehead atoms. The van der Waals surface area contributed by atoms with Gasteiger partial charge in [-0.2, -0.15) is 0 Å². The third-order valence-electron chi connectivity index (χ3n) is 2.65. The van der Waals surface area contributed by atoms with Crippen molar-refractivity contribution in [2.45, 2.75) is 12.5 Å². The van der Waals surface area contributed by atoms with Crippen LogP contribution >= 0.6 is 41.9 Å². The number of benzene rings is 1. The van der Waals surface area contributed by atoms with E-state index in [1.54, 1.807) is 9.12 Å². The molecule has 0 amide bonds. The van der Waals surface area contributed by atoms with Gasteiger partial charge in [-0.25, -0.2) is 4.31 Å². The summed E-state index contributed by atoms with van der Waals surface area (Å²) in [7, 11) is 1.77. The topological polar surface area (TPSA) is 49.8 Å². The van der Waals surface area contributed by atoms with Gasteiger partial charge in [-0.15, -0.1) is 0 Å². The number of hydrogen-bond acceptors (Lipinski definition) is 4. The molecule has 0 aromatic heterocycles. The van der Waals surface area contributed by atoms with Crippen LogP contribution in [0.4, 0.5) is 0 Å². The zero-order chi connectivity index (χ0) is 14.1. The van der Waals surface area contributed by atoms with Gasteiger partial charge in [0, 0.05) is 38.8 Å².